The first-order valence-electron chi connectivity index (χ1n) is 4.95. The highest BCUT2D eigenvalue weighted by atomic mass is 35.5. The molecule has 1 aliphatic rings. The molecule has 0 aliphatic carbocycles. The Morgan fingerprint density at radius 3 is 2.88 bits per heavy atom. The summed E-state index contributed by atoms with van der Waals surface area (Å²) in [7, 11) is 0. The zero-order chi connectivity index (χ0) is 11.0. The van der Waals surface area contributed by atoms with Crippen LogP contribution >= 0.6 is 24.0 Å². The van der Waals surface area contributed by atoms with Crippen LogP contribution in [0.1, 0.15) is 12.5 Å². The first kappa shape index (κ1) is 13.3. The van der Waals surface area contributed by atoms with Crippen molar-refractivity contribution < 1.29 is 4.79 Å². The van der Waals surface area contributed by atoms with Gasteiger partial charge in [-0.2, -0.15) is 0 Å². The summed E-state index contributed by atoms with van der Waals surface area (Å²) >= 11 is 5.90. The molecule has 1 aliphatic heterocycles. The highest BCUT2D eigenvalue weighted by Crippen LogP contribution is 2.30. The van der Waals surface area contributed by atoms with Crippen LogP contribution in [0.5, 0.6) is 0 Å². The minimum absolute atomic E-state index is 0. The van der Waals surface area contributed by atoms with Gasteiger partial charge in [-0.3, -0.25) is 4.79 Å². The monoisotopic (exact) mass is 260 g/mol. The predicted octanol–water partition coefficient (Wildman–Crippen LogP) is 2.00. The average Bonchev–Trinajstić information content (AvgIpc) is 2.59. The van der Waals surface area contributed by atoms with Crippen molar-refractivity contribution in [3.63, 3.8) is 0 Å². The molecular weight excluding hydrogens is 247 g/mol. The van der Waals surface area contributed by atoms with Gasteiger partial charge in [0.05, 0.1) is 6.04 Å². The molecule has 2 N–H and O–H groups in total. The second kappa shape index (κ2) is 5.04. The minimum Gasteiger partial charge on any atom is -0.320 e. The van der Waals surface area contributed by atoms with Crippen LogP contribution in [-0.4, -0.2) is 18.5 Å². The van der Waals surface area contributed by atoms with E-state index in [9.17, 15) is 4.79 Å². The summed E-state index contributed by atoms with van der Waals surface area (Å²) < 4.78 is 0. The SMILES string of the molecule is C[C@@H](N)C(=O)N1CCc2ccc(Cl)cc21.Cl. The van der Waals surface area contributed by atoms with Gasteiger partial charge in [-0.25, -0.2) is 0 Å². The fourth-order valence-electron chi connectivity index (χ4n) is 1.83. The molecule has 5 heteroatoms. The molecular formula is C11H14Cl2N2O. The molecule has 1 amide bonds. The maximum atomic E-state index is 11.8. The minimum atomic E-state index is -0.463. The standard InChI is InChI=1S/C11H13ClN2O.ClH/c1-7(13)11(15)14-5-4-8-2-3-9(12)6-10(8)14;/h2-3,6-7H,4-5,13H2,1H3;1H/t7-;/m1./s1. The second-order valence-corrected chi connectivity index (χ2v) is 4.24. The number of fused-ring (bicyclic) bond motifs is 1. The van der Waals surface area contributed by atoms with Crippen LogP contribution in [0.15, 0.2) is 18.2 Å². The topological polar surface area (TPSA) is 46.3 Å². The van der Waals surface area contributed by atoms with Crippen molar-refractivity contribution in [3.8, 4) is 0 Å². The summed E-state index contributed by atoms with van der Waals surface area (Å²) in [5.41, 5.74) is 7.65. The fraction of sp³-hybridized carbons (Fsp3) is 0.364. The van der Waals surface area contributed by atoms with Crippen LogP contribution in [0, 0.1) is 0 Å². The smallest absolute Gasteiger partial charge is 0.243 e. The number of anilines is 1. The lowest BCUT2D eigenvalue weighted by Crippen LogP contribution is -2.41. The van der Waals surface area contributed by atoms with Crippen LogP contribution in [0.3, 0.4) is 0 Å². The molecule has 3 nitrogen and oxygen atoms in total. The molecule has 0 radical (unpaired) electrons. The van der Waals surface area contributed by atoms with Gasteiger partial charge in [0.2, 0.25) is 5.91 Å². The average molecular weight is 261 g/mol. The van der Waals surface area contributed by atoms with Crippen molar-refractivity contribution in [2.45, 2.75) is 19.4 Å². The molecule has 1 heterocycles. The zero-order valence-electron chi connectivity index (χ0n) is 8.94. The Balaban J connectivity index is 0.00000128. The lowest BCUT2D eigenvalue weighted by Gasteiger charge is -2.19. The van der Waals surface area contributed by atoms with Gasteiger partial charge in [0.15, 0.2) is 0 Å². The van der Waals surface area contributed by atoms with Crippen molar-refractivity contribution in [2.24, 2.45) is 5.73 Å². The van der Waals surface area contributed by atoms with E-state index in [-0.39, 0.29) is 18.3 Å². The Morgan fingerprint density at radius 2 is 2.25 bits per heavy atom. The largest absolute Gasteiger partial charge is 0.320 e. The van der Waals surface area contributed by atoms with Gasteiger partial charge in [-0.05, 0) is 31.0 Å². The Hall–Kier alpha value is -0.770. The first-order chi connectivity index (χ1) is 7.09. The molecule has 0 saturated heterocycles. The molecule has 2 rings (SSSR count). The molecule has 1 aromatic carbocycles. The molecule has 0 saturated carbocycles. The van der Waals surface area contributed by atoms with Gasteiger partial charge >= 0.3 is 0 Å². The normalized spacial score (nSPS) is 15.3. The molecule has 0 spiro atoms. The fourth-order valence-corrected chi connectivity index (χ4v) is 1.99. The van der Waals surface area contributed by atoms with Crippen LogP contribution < -0.4 is 10.6 Å². The zero-order valence-corrected chi connectivity index (χ0v) is 10.5. The summed E-state index contributed by atoms with van der Waals surface area (Å²) in [4.78, 5) is 13.5. The van der Waals surface area contributed by atoms with Crippen molar-refractivity contribution in [1.82, 2.24) is 0 Å². The van der Waals surface area contributed by atoms with Crippen molar-refractivity contribution >= 4 is 35.6 Å². The highest BCUT2D eigenvalue weighted by Gasteiger charge is 2.26. The highest BCUT2D eigenvalue weighted by molar-refractivity contribution is 6.31. The van der Waals surface area contributed by atoms with Crippen LogP contribution in [0.25, 0.3) is 0 Å². The number of rotatable bonds is 1. The van der Waals surface area contributed by atoms with Gasteiger partial charge in [-0.1, -0.05) is 17.7 Å². The Morgan fingerprint density at radius 1 is 1.56 bits per heavy atom. The number of carbonyl (C=O) groups is 1. The molecule has 1 atom stereocenters. The summed E-state index contributed by atoms with van der Waals surface area (Å²) in [6.07, 6.45) is 0.880. The van der Waals surface area contributed by atoms with Crippen LogP contribution in [-0.2, 0) is 11.2 Å². The number of nitrogens with zero attached hydrogens (tertiary/aromatic N) is 1. The maximum Gasteiger partial charge on any atom is 0.243 e. The van der Waals surface area contributed by atoms with E-state index in [4.69, 9.17) is 17.3 Å². The van der Waals surface area contributed by atoms with E-state index in [0.29, 0.717) is 11.6 Å². The number of halogens is 2. The maximum absolute atomic E-state index is 11.8. The summed E-state index contributed by atoms with van der Waals surface area (Å²) in [6.45, 7) is 2.40. The van der Waals surface area contributed by atoms with Gasteiger partial charge in [0, 0.05) is 17.3 Å². The van der Waals surface area contributed by atoms with E-state index in [1.54, 1.807) is 11.8 Å². The Kier molecular flexibility index (Phi) is 4.19. The lowest BCUT2D eigenvalue weighted by atomic mass is 10.2. The molecule has 88 valence electrons. The summed E-state index contributed by atoms with van der Waals surface area (Å²) in [5.74, 6) is -0.0454. The lowest BCUT2D eigenvalue weighted by molar-refractivity contribution is -0.119. The second-order valence-electron chi connectivity index (χ2n) is 3.80. The molecule has 16 heavy (non-hydrogen) atoms. The predicted molar refractivity (Wildman–Crippen MR) is 68.4 cm³/mol. The molecule has 0 unspecified atom stereocenters. The molecule has 0 fully saturated rings. The third kappa shape index (κ3) is 2.32. The number of benzene rings is 1. The van der Waals surface area contributed by atoms with Gasteiger partial charge in [-0.15, -0.1) is 12.4 Å². The van der Waals surface area contributed by atoms with E-state index in [0.717, 1.165) is 17.7 Å². The number of amides is 1. The number of carbonyl (C=O) groups excluding carboxylic acids is 1. The van der Waals surface area contributed by atoms with Gasteiger partial charge in [0.25, 0.3) is 0 Å². The molecule has 1 aromatic rings. The first-order valence-corrected chi connectivity index (χ1v) is 5.33. The third-order valence-electron chi connectivity index (χ3n) is 2.60. The van der Waals surface area contributed by atoms with Crippen molar-refractivity contribution in [3.05, 3.63) is 28.8 Å². The van der Waals surface area contributed by atoms with E-state index in [1.165, 1.54) is 0 Å². The number of hydrogen-bond acceptors (Lipinski definition) is 2. The molecule has 0 bridgehead atoms. The summed E-state index contributed by atoms with van der Waals surface area (Å²) in [6, 6.07) is 5.17. The van der Waals surface area contributed by atoms with Gasteiger partial charge in [0.1, 0.15) is 0 Å². The Labute approximate surface area is 106 Å². The van der Waals surface area contributed by atoms with E-state index in [2.05, 4.69) is 0 Å². The van der Waals surface area contributed by atoms with E-state index >= 15 is 0 Å². The summed E-state index contributed by atoms with van der Waals surface area (Å²) in [5, 5.41) is 0.651. The van der Waals surface area contributed by atoms with Crippen LogP contribution in [0.4, 0.5) is 5.69 Å². The van der Waals surface area contributed by atoms with E-state index in [1.807, 2.05) is 18.2 Å². The van der Waals surface area contributed by atoms with E-state index < -0.39 is 6.04 Å². The Bertz CT molecular complexity index is 407. The van der Waals surface area contributed by atoms with Crippen molar-refractivity contribution in [2.75, 3.05) is 11.4 Å². The quantitative estimate of drug-likeness (QED) is 0.840. The molecule has 0 aromatic heterocycles. The third-order valence-corrected chi connectivity index (χ3v) is 2.83. The van der Waals surface area contributed by atoms with Crippen molar-refractivity contribution in [1.29, 1.82) is 0 Å². The number of nitrogens with two attached hydrogens (primary N) is 1. The van der Waals surface area contributed by atoms with Crippen LogP contribution in [0.2, 0.25) is 5.02 Å². The number of hydrogen-bond donors (Lipinski definition) is 1. The van der Waals surface area contributed by atoms with Gasteiger partial charge < -0.3 is 10.6 Å².